The van der Waals surface area contributed by atoms with E-state index in [1.807, 2.05) is 0 Å². The number of benzene rings is 2. The quantitative estimate of drug-likeness (QED) is 0.790. The van der Waals surface area contributed by atoms with Crippen LogP contribution in [-0.2, 0) is 15.1 Å². The number of carbonyl (C=O) groups excluding carboxylic acids is 2. The van der Waals surface area contributed by atoms with E-state index >= 15 is 0 Å². The van der Waals surface area contributed by atoms with Crippen molar-refractivity contribution in [3.8, 4) is 11.5 Å². The van der Waals surface area contributed by atoms with Gasteiger partial charge in [0.1, 0.15) is 17.3 Å². The summed E-state index contributed by atoms with van der Waals surface area (Å²) in [5.41, 5.74) is 1.05. The van der Waals surface area contributed by atoms with Crippen LogP contribution in [0, 0.1) is 11.7 Å². The molecule has 1 aliphatic carbocycles. The minimum atomic E-state index is -0.473. The van der Waals surface area contributed by atoms with Crippen LogP contribution in [0.1, 0.15) is 31.2 Å². The third kappa shape index (κ3) is 3.60. The first-order chi connectivity index (χ1) is 14.5. The van der Waals surface area contributed by atoms with Gasteiger partial charge in [0.15, 0.2) is 0 Å². The molecule has 6 nitrogen and oxygen atoms in total. The molecule has 1 unspecified atom stereocenters. The Bertz CT molecular complexity index is 956. The lowest BCUT2D eigenvalue weighted by molar-refractivity contribution is -0.129. The van der Waals surface area contributed by atoms with Crippen molar-refractivity contribution in [2.75, 3.05) is 25.7 Å². The summed E-state index contributed by atoms with van der Waals surface area (Å²) in [5.74, 6) is 0.117. The minimum absolute atomic E-state index is 0.122. The third-order valence-corrected chi connectivity index (χ3v) is 6.14. The Morgan fingerprint density at radius 2 is 1.87 bits per heavy atom. The van der Waals surface area contributed by atoms with Crippen LogP contribution in [0.5, 0.6) is 11.5 Å². The Balaban J connectivity index is 1.50. The van der Waals surface area contributed by atoms with Crippen molar-refractivity contribution in [3.63, 3.8) is 0 Å². The highest BCUT2D eigenvalue weighted by atomic mass is 19.1. The number of methoxy groups -OCH3 is 2. The number of rotatable bonds is 6. The molecule has 0 radical (unpaired) electrons. The van der Waals surface area contributed by atoms with Gasteiger partial charge in [-0.05, 0) is 49.1 Å². The van der Waals surface area contributed by atoms with Crippen LogP contribution in [0.3, 0.4) is 0 Å². The lowest BCUT2D eigenvalue weighted by Crippen LogP contribution is -2.52. The molecular formula is C23H25FN2O4. The first-order valence-electron chi connectivity index (χ1n) is 10.1. The van der Waals surface area contributed by atoms with Gasteiger partial charge in [-0.25, -0.2) is 4.39 Å². The molecule has 1 heterocycles. The molecule has 2 aromatic carbocycles. The number of nitrogens with zero attached hydrogens (tertiary/aromatic N) is 1. The maximum Gasteiger partial charge on any atom is 0.227 e. The molecule has 1 N–H and O–H groups in total. The summed E-state index contributed by atoms with van der Waals surface area (Å²) in [7, 11) is 3.10. The van der Waals surface area contributed by atoms with Crippen molar-refractivity contribution in [2.45, 2.75) is 31.2 Å². The average Bonchev–Trinajstić information content (AvgIpc) is 3.12. The van der Waals surface area contributed by atoms with Crippen molar-refractivity contribution < 1.29 is 23.5 Å². The van der Waals surface area contributed by atoms with Gasteiger partial charge in [0.25, 0.3) is 0 Å². The minimum Gasteiger partial charge on any atom is -0.497 e. The zero-order valence-electron chi connectivity index (χ0n) is 17.1. The largest absolute Gasteiger partial charge is 0.497 e. The van der Waals surface area contributed by atoms with Gasteiger partial charge in [-0.1, -0.05) is 12.1 Å². The van der Waals surface area contributed by atoms with Crippen molar-refractivity contribution in [2.24, 2.45) is 5.92 Å². The summed E-state index contributed by atoms with van der Waals surface area (Å²) in [5, 5.41) is 3.16. The summed E-state index contributed by atoms with van der Waals surface area (Å²) >= 11 is 0. The van der Waals surface area contributed by atoms with Gasteiger partial charge in [-0.2, -0.15) is 0 Å². The Hall–Kier alpha value is -3.09. The molecule has 0 spiro atoms. The van der Waals surface area contributed by atoms with Crippen LogP contribution in [0.25, 0.3) is 0 Å². The van der Waals surface area contributed by atoms with E-state index in [0.29, 0.717) is 17.2 Å². The van der Waals surface area contributed by atoms with Gasteiger partial charge in [0.05, 0.1) is 31.4 Å². The van der Waals surface area contributed by atoms with Crippen molar-refractivity contribution >= 4 is 17.5 Å². The molecule has 1 atom stereocenters. The van der Waals surface area contributed by atoms with Crippen LogP contribution in [0.2, 0.25) is 0 Å². The predicted octanol–water partition coefficient (Wildman–Crippen LogP) is 3.39. The fourth-order valence-electron chi connectivity index (χ4n) is 4.25. The number of amides is 2. The van der Waals surface area contributed by atoms with Gasteiger partial charge in [0.2, 0.25) is 11.8 Å². The maximum atomic E-state index is 13.3. The highest BCUT2D eigenvalue weighted by Gasteiger charge is 2.43. The molecule has 1 saturated carbocycles. The Morgan fingerprint density at radius 3 is 2.47 bits per heavy atom. The zero-order valence-corrected chi connectivity index (χ0v) is 17.1. The molecule has 30 heavy (non-hydrogen) atoms. The topological polar surface area (TPSA) is 67.9 Å². The van der Waals surface area contributed by atoms with E-state index in [9.17, 15) is 14.0 Å². The summed E-state index contributed by atoms with van der Waals surface area (Å²) < 4.78 is 23.9. The molecule has 1 aliphatic heterocycles. The molecule has 0 aromatic heterocycles. The average molecular weight is 412 g/mol. The van der Waals surface area contributed by atoms with Gasteiger partial charge in [0, 0.05) is 19.0 Å². The van der Waals surface area contributed by atoms with Gasteiger partial charge in [-0.15, -0.1) is 0 Å². The van der Waals surface area contributed by atoms with Crippen molar-refractivity contribution in [1.29, 1.82) is 0 Å². The first kappa shape index (κ1) is 20.2. The van der Waals surface area contributed by atoms with Gasteiger partial charge < -0.3 is 19.7 Å². The molecule has 7 heteroatoms. The highest BCUT2D eigenvalue weighted by molar-refractivity contribution is 6.01. The molecule has 2 aliphatic rings. The number of ether oxygens (including phenoxy) is 2. The van der Waals surface area contributed by atoms with E-state index in [1.54, 1.807) is 42.3 Å². The molecule has 2 amide bonds. The smallest absolute Gasteiger partial charge is 0.227 e. The van der Waals surface area contributed by atoms with Crippen LogP contribution >= 0.6 is 0 Å². The monoisotopic (exact) mass is 412 g/mol. The summed E-state index contributed by atoms with van der Waals surface area (Å²) in [6, 6.07) is 11.5. The maximum absolute atomic E-state index is 13.3. The van der Waals surface area contributed by atoms with E-state index in [0.717, 1.165) is 24.8 Å². The van der Waals surface area contributed by atoms with Crippen LogP contribution in [0.4, 0.5) is 10.1 Å². The van der Waals surface area contributed by atoms with Crippen LogP contribution in [-0.4, -0.2) is 32.6 Å². The van der Waals surface area contributed by atoms with E-state index in [1.165, 1.54) is 19.2 Å². The summed E-state index contributed by atoms with van der Waals surface area (Å²) in [6.45, 7) is 0.285. The Morgan fingerprint density at radius 1 is 1.13 bits per heavy atom. The normalized spacial score (nSPS) is 19.9. The van der Waals surface area contributed by atoms with Crippen LogP contribution < -0.4 is 19.7 Å². The van der Waals surface area contributed by atoms with Gasteiger partial charge >= 0.3 is 0 Å². The lowest BCUT2D eigenvalue weighted by atomic mass is 9.71. The van der Waals surface area contributed by atoms with E-state index in [4.69, 9.17) is 9.47 Å². The van der Waals surface area contributed by atoms with E-state index in [-0.39, 0.29) is 30.6 Å². The standard InChI is InChI=1S/C23H25FN2O4/c1-29-18-8-9-19(20(13-18)30-2)26-14-15(12-21(26)27)22(28)25-23(10-3-11-23)16-4-6-17(24)7-5-16/h4-9,13,15H,3,10-12,14H2,1-2H3,(H,25,28). The van der Waals surface area contributed by atoms with E-state index in [2.05, 4.69) is 5.32 Å². The summed E-state index contributed by atoms with van der Waals surface area (Å²) in [6.07, 6.45) is 2.75. The highest BCUT2D eigenvalue weighted by Crippen LogP contribution is 2.42. The Kier molecular flexibility index (Phi) is 5.37. The van der Waals surface area contributed by atoms with Gasteiger partial charge in [-0.3, -0.25) is 9.59 Å². The predicted molar refractivity (Wildman–Crippen MR) is 110 cm³/mol. The first-order valence-corrected chi connectivity index (χ1v) is 10.1. The lowest BCUT2D eigenvalue weighted by Gasteiger charge is -2.43. The number of hydrogen-bond acceptors (Lipinski definition) is 4. The fourth-order valence-corrected chi connectivity index (χ4v) is 4.25. The molecule has 0 bridgehead atoms. The molecule has 4 rings (SSSR count). The number of nitrogens with one attached hydrogen (secondary N) is 1. The molecule has 1 saturated heterocycles. The summed E-state index contributed by atoms with van der Waals surface area (Å²) in [4.78, 5) is 27.3. The number of halogens is 1. The second-order valence-corrected chi connectivity index (χ2v) is 7.87. The number of anilines is 1. The molecule has 158 valence electrons. The van der Waals surface area contributed by atoms with Crippen molar-refractivity contribution in [3.05, 3.63) is 53.8 Å². The number of hydrogen-bond donors (Lipinski definition) is 1. The van der Waals surface area contributed by atoms with E-state index < -0.39 is 11.5 Å². The van der Waals surface area contributed by atoms with Crippen molar-refractivity contribution in [1.82, 2.24) is 5.32 Å². The number of carbonyl (C=O) groups is 2. The third-order valence-electron chi connectivity index (χ3n) is 6.14. The second-order valence-electron chi connectivity index (χ2n) is 7.87. The SMILES string of the molecule is COc1ccc(N2CC(C(=O)NC3(c4ccc(F)cc4)CCC3)CC2=O)c(OC)c1. The molecule has 2 fully saturated rings. The zero-order chi connectivity index (χ0) is 21.3. The van der Waals surface area contributed by atoms with Crippen LogP contribution in [0.15, 0.2) is 42.5 Å². The second kappa shape index (κ2) is 7.97. The fraction of sp³-hybridized carbons (Fsp3) is 0.391. The molecular weight excluding hydrogens is 387 g/mol. The molecule has 2 aromatic rings. The Labute approximate surface area is 175 Å².